The van der Waals surface area contributed by atoms with Crippen molar-refractivity contribution >= 4 is 15.9 Å². The van der Waals surface area contributed by atoms with Crippen molar-refractivity contribution in [3.05, 3.63) is 22.4 Å². The molecule has 2 nitrogen and oxygen atoms in total. The van der Waals surface area contributed by atoms with Crippen molar-refractivity contribution in [2.45, 2.75) is 0 Å². The highest BCUT2D eigenvalue weighted by Gasteiger charge is 2.07. The average molecular weight is 221 g/mol. The molecule has 0 unspecified atom stereocenters. The van der Waals surface area contributed by atoms with Gasteiger partial charge in [-0.25, -0.2) is 4.39 Å². The van der Waals surface area contributed by atoms with Gasteiger partial charge in [0.1, 0.15) is 17.3 Å². The van der Waals surface area contributed by atoms with E-state index in [1.54, 1.807) is 0 Å². The molecule has 0 aliphatic carbocycles. The predicted octanol–water partition coefficient (Wildman–Crippen LogP) is 2.30. The van der Waals surface area contributed by atoms with Gasteiger partial charge in [0.05, 0.1) is 11.6 Å². The quantitative estimate of drug-likeness (QED) is 0.788. The van der Waals surface area contributed by atoms with Crippen LogP contribution in [0.2, 0.25) is 0 Å². The van der Waals surface area contributed by atoms with Crippen LogP contribution >= 0.6 is 15.9 Å². The van der Waals surface area contributed by atoms with E-state index in [1.165, 1.54) is 13.2 Å². The van der Waals surface area contributed by atoms with Gasteiger partial charge in [0.25, 0.3) is 0 Å². The van der Waals surface area contributed by atoms with Crippen molar-refractivity contribution in [1.29, 1.82) is 0 Å². The summed E-state index contributed by atoms with van der Waals surface area (Å²) in [5.41, 5.74) is 0. The fourth-order valence-corrected chi connectivity index (χ4v) is 1.09. The Morgan fingerprint density at radius 3 is 2.73 bits per heavy atom. The summed E-state index contributed by atoms with van der Waals surface area (Å²) in [6.07, 6.45) is 0. The molecule has 0 aliphatic heterocycles. The first-order valence-electron chi connectivity index (χ1n) is 2.87. The van der Waals surface area contributed by atoms with Crippen molar-refractivity contribution in [2.75, 3.05) is 7.11 Å². The second-order valence-corrected chi connectivity index (χ2v) is 2.74. The zero-order valence-electron chi connectivity index (χ0n) is 5.77. The van der Waals surface area contributed by atoms with E-state index in [0.29, 0.717) is 0 Å². The van der Waals surface area contributed by atoms with Crippen LogP contribution in [0, 0.1) is 5.82 Å². The van der Waals surface area contributed by atoms with Crippen LogP contribution in [-0.2, 0) is 0 Å². The second-order valence-electron chi connectivity index (χ2n) is 1.94. The number of halogens is 2. The fraction of sp³-hybridized carbons (Fsp3) is 0.143. The van der Waals surface area contributed by atoms with E-state index in [9.17, 15) is 4.39 Å². The van der Waals surface area contributed by atoms with Crippen LogP contribution in [0.15, 0.2) is 16.6 Å². The smallest absolute Gasteiger partial charge is 0.144 e. The SMILES string of the molecule is COc1cc(O)cc(F)c1Br. The normalized spacial score (nSPS) is 9.73. The molecule has 0 radical (unpaired) electrons. The molecule has 1 N–H and O–H groups in total. The molecule has 1 aromatic carbocycles. The Morgan fingerprint density at radius 2 is 2.18 bits per heavy atom. The first-order chi connectivity index (χ1) is 5.15. The number of phenolic OH excluding ortho intramolecular Hbond substituents is 1. The fourth-order valence-electron chi connectivity index (χ4n) is 0.699. The van der Waals surface area contributed by atoms with Gasteiger partial charge in [-0.15, -0.1) is 0 Å². The van der Waals surface area contributed by atoms with Crippen LogP contribution in [-0.4, -0.2) is 12.2 Å². The first kappa shape index (κ1) is 8.33. The van der Waals surface area contributed by atoms with E-state index < -0.39 is 5.82 Å². The minimum atomic E-state index is -0.540. The molecule has 0 bridgehead atoms. The summed E-state index contributed by atoms with van der Waals surface area (Å²) in [6.45, 7) is 0. The maximum atomic E-state index is 12.7. The predicted molar refractivity (Wildman–Crippen MR) is 42.3 cm³/mol. The number of phenols is 1. The van der Waals surface area contributed by atoms with Gasteiger partial charge in [0.15, 0.2) is 0 Å². The van der Waals surface area contributed by atoms with E-state index in [1.807, 2.05) is 0 Å². The Morgan fingerprint density at radius 1 is 1.55 bits per heavy atom. The molecule has 60 valence electrons. The average Bonchev–Trinajstić information content (AvgIpc) is 1.96. The molecule has 1 aromatic rings. The number of aromatic hydroxyl groups is 1. The van der Waals surface area contributed by atoms with Crippen LogP contribution in [0.1, 0.15) is 0 Å². The van der Waals surface area contributed by atoms with Crippen molar-refractivity contribution < 1.29 is 14.2 Å². The highest BCUT2D eigenvalue weighted by Crippen LogP contribution is 2.31. The van der Waals surface area contributed by atoms with Crippen molar-refractivity contribution in [3.63, 3.8) is 0 Å². The topological polar surface area (TPSA) is 29.5 Å². The summed E-state index contributed by atoms with van der Waals surface area (Å²) >= 11 is 2.96. The van der Waals surface area contributed by atoms with Gasteiger partial charge >= 0.3 is 0 Å². The highest BCUT2D eigenvalue weighted by atomic mass is 79.9. The summed E-state index contributed by atoms with van der Waals surface area (Å²) in [4.78, 5) is 0. The minimum Gasteiger partial charge on any atom is -0.508 e. The summed E-state index contributed by atoms with van der Waals surface area (Å²) < 4.78 is 17.7. The van der Waals surface area contributed by atoms with Crippen LogP contribution in [0.5, 0.6) is 11.5 Å². The number of hydrogen-bond acceptors (Lipinski definition) is 2. The molecular weight excluding hydrogens is 215 g/mol. The molecule has 0 heterocycles. The van der Waals surface area contributed by atoms with Crippen molar-refractivity contribution in [2.24, 2.45) is 0 Å². The van der Waals surface area contributed by atoms with Crippen LogP contribution in [0.25, 0.3) is 0 Å². The molecular formula is C7H6BrFO2. The van der Waals surface area contributed by atoms with Gasteiger partial charge in [-0.3, -0.25) is 0 Å². The van der Waals surface area contributed by atoms with Crippen molar-refractivity contribution in [3.8, 4) is 11.5 Å². The molecule has 0 saturated carbocycles. The van der Waals surface area contributed by atoms with E-state index in [0.717, 1.165) is 6.07 Å². The minimum absolute atomic E-state index is 0.150. The molecule has 0 aliphatic rings. The molecule has 0 aromatic heterocycles. The summed E-state index contributed by atoms with van der Waals surface area (Å²) in [5.74, 6) is -0.410. The zero-order chi connectivity index (χ0) is 8.43. The van der Waals surface area contributed by atoms with Gasteiger partial charge in [0.2, 0.25) is 0 Å². The zero-order valence-corrected chi connectivity index (χ0v) is 7.35. The second kappa shape index (κ2) is 3.09. The van der Waals surface area contributed by atoms with Crippen LogP contribution in [0.3, 0.4) is 0 Å². The van der Waals surface area contributed by atoms with Crippen molar-refractivity contribution in [1.82, 2.24) is 0 Å². The van der Waals surface area contributed by atoms with E-state index in [4.69, 9.17) is 9.84 Å². The Bertz CT molecular complexity index is 275. The van der Waals surface area contributed by atoms with Gasteiger partial charge in [0, 0.05) is 12.1 Å². The lowest BCUT2D eigenvalue weighted by Gasteiger charge is -2.03. The van der Waals surface area contributed by atoms with E-state index in [-0.39, 0.29) is 16.0 Å². The molecule has 11 heavy (non-hydrogen) atoms. The lowest BCUT2D eigenvalue weighted by molar-refractivity contribution is 0.399. The highest BCUT2D eigenvalue weighted by molar-refractivity contribution is 9.10. The Kier molecular flexibility index (Phi) is 2.34. The number of hydrogen-bond donors (Lipinski definition) is 1. The first-order valence-corrected chi connectivity index (χ1v) is 3.66. The largest absolute Gasteiger partial charge is 0.508 e. The summed E-state index contributed by atoms with van der Waals surface area (Å²) in [6, 6.07) is 2.33. The lowest BCUT2D eigenvalue weighted by atomic mass is 10.3. The standard InChI is InChI=1S/C7H6BrFO2/c1-11-6-3-4(10)2-5(9)7(6)8/h2-3,10H,1H3. The monoisotopic (exact) mass is 220 g/mol. The van der Waals surface area contributed by atoms with Crippen LogP contribution < -0.4 is 4.74 Å². The molecule has 0 saturated heterocycles. The maximum absolute atomic E-state index is 12.7. The molecule has 0 fully saturated rings. The van der Waals surface area contributed by atoms with Crippen LogP contribution in [0.4, 0.5) is 4.39 Å². The third-order valence-corrected chi connectivity index (χ3v) is 1.97. The van der Waals surface area contributed by atoms with E-state index in [2.05, 4.69) is 15.9 Å². The summed E-state index contributed by atoms with van der Waals surface area (Å²) in [5, 5.41) is 8.91. The number of rotatable bonds is 1. The third-order valence-electron chi connectivity index (χ3n) is 1.20. The molecule has 0 spiro atoms. The Balaban J connectivity index is 3.24. The Hall–Kier alpha value is -0.770. The maximum Gasteiger partial charge on any atom is 0.144 e. The van der Waals surface area contributed by atoms with Gasteiger partial charge in [-0.2, -0.15) is 0 Å². The third kappa shape index (κ3) is 1.63. The number of methoxy groups -OCH3 is 1. The number of benzene rings is 1. The van der Waals surface area contributed by atoms with Gasteiger partial charge in [-0.05, 0) is 15.9 Å². The van der Waals surface area contributed by atoms with Gasteiger partial charge in [-0.1, -0.05) is 0 Å². The molecule has 0 amide bonds. The number of ether oxygens (including phenoxy) is 1. The van der Waals surface area contributed by atoms with E-state index >= 15 is 0 Å². The van der Waals surface area contributed by atoms with Gasteiger partial charge < -0.3 is 9.84 Å². The molecule has 0 atom stereocenters. The molecule has 4 heteroatoms. The lowest BCUT2D eigenvalue weighted by Crippen LogP contribution is -1.86. The summed E-state index contributed by atoms with van der Waals surface area (Å²) in [7, 11) is 1.40. The Labute approximate surface area is 71.7 Å². The molecule has 1 rings (SSSR count).